The first-order valence-corrected chi connectivity index (χ1v) is 19.9. The second-order valence-corrected chi connectivity index (χ2v) is 16.5. The van der Waals surface area contributed by atoms with Gasteiger partial charge in [0.15, 0.2) is 5.58 Å². The molecule has 0 fully saturated rings. The molecule has 0 amide bonds. The molecule has 4 heterocycles. The average molecular weight is 700 g/mol. The zero-order chi connectivity index (χ0) is 34.2. The third-order valence-electron chi connectivity index (χ3n) is 10.3. The second kappa shape index (κ2) is 11.6. The van der Waals surface area contributed by atoms with Gasteiger partial charge >= 0.3 is 0 Å². The van der Waals surface area contributed by atoms with Crippen LogP contribution in [0.1, 0.15) is 0 Å². The fraction of sp³-hybridized carbons (Fsp3) is 0. The topological polar surface area (TPSA) is 29.5 Å². The predicted molar refractivity (Wildman–Crippen MR) is 221 cm³/mol. The lowest BCUT2D eigenvalue weighted by atomic mass is 9.98. The minimum Gasteiger partial charge on any atom is -0.459 e. The Morgan fingerprint density at radius 2 is 1.21 bits per heavy atom. The summed E-state index contributed by atoms with van der Waals surface area (Å²) in [5.41, 5.74) is 12.8. The molecule has 244 valence electrons. The number of thiophene rings is 1. The molecule has 4 aromatic heterocycles. The summed E-state index contributed by atoms with van der Waals surface area (Å²) in [4.78, 5) is 3.60. The van der Waals surface area contributed by atoms with Crippen LogP contribution in [0.4, 0.5) is 17.1 Å². The molecule has 7 aromatic carbocycles. The van der Waals surface area contributed by atoms with Crippen LogP contribution in [0.25, 0.3) is 80.1 Å². The summed E-state index contributed by atoms with van der Waals surface area (Å²) in [5.74, 6) is 0. The van der Waals surface area contributed by atoms with Gasteiger partial charge in [-0.15, -0.1) is 11.3 Å². The molecule has 0 bridgehead atoms. The molecule has 0 radical (unpaired) electrons. The number of nitrogens with zero attached hydrogens (tertiary/aromatic N) is 1. The van der Waals surface area contributed by atoms with Crippen molar-refractivity contribution in [2.45, 2.75) is 0 Å². The Balaban J connectivity index is 1.16. The summed E-state index contributed by atoms with van der Waals surface area (Å²) in [6, 6.07) is 60.8. The van der Waals surface area contributed by atoms with E-state index in [4.69, 9.17) is 8.83 Å². The van der Waals surface area contributed by atoms with Crippen molar-refractivity contribution in [2.24, 2.45) is 0 Å². The predicted octanol–water partition coefficient (Wildman–Crippen LogP) is 14.0. The molecule has 0 unspecified atom stereocenters. The zero-order valence-electron chi connectivity index (χ0n) is 27.9. The number of hydrogen-bond donors (Lipinski definition) is 0. The smallest absolute Gasteiger partial charge is 0.154 e. The van der Waals surface area contributed by atoms with E-state index >= 15 is 0 Å². The molecule has 3 nitrogen and oxygen atoms in total. The highest BCUT2D eigenvalue weighted by atomic mass is 32.1. The fourth-order valence-corrected chi connectivity index (χ4v) is 11.4. The van der Waals surface area contributed by atoms with Crippen LogP contribution in [-0.4, -0.2) is 8.20 Å². The summed E-state index contributed by atoms with van der Waals surface area (Å²) >= 11 is 1.85. The molecule has 0 spiro atoms. The minimum atomic E-state index is -1.26. The summed E-state index contributed by atoms with van der Waals surface area (Å²) in [7, 11) is -1.26. The van der Waals surface area contributed by atoms with Gasteiger partial charge in [0.2, 0.25) is 0 Å². The Kier molecular flexibility index (Phi) is 6.59. The lowest BCUT2D eigenvalue weighted by molar-refractivity contribution is 0.668. The zero-order valence-corrected chi connectivity index (χ0v) is 29.7. The molecule has 52 heavy (non-hydrogen) atoms. The van der Waals surface area contributed by atoms with Crippen molar-refractivity contribution < 1.29 is 8.83 Å². The van der Waals surface area contributed by atoms with Crippen molar-refractivity contribution in [2.75, 3.05) is 4.90 Å². The van der Waals surface area contributed by atoms with Crippen LogP contribution < -0.4 is 4.90 Å². The van der Waals surface area contributed by atoms with Gasteiger partial charge in [-0.05, 0) is 65.2 Å². The number of para-hydroxylation sites is 2. The molecule has 11 rings (SSSR count). The number of furan rings is 1. The molecule has 0 aliphatic carbocycles. The first-order chi connectivity index (χ1) is 25.8. The first-order valence-electron chi connectivity index (χ1n) is 17.5. The van der Waals surface area contributed by atoms with Crippen LogP contribution in [0.5, 0.6) is 0 Å². The number of fused-ring (bicyclic) bond motifs is 9. The third kappa shape index (κ3) is 4.53. The second-order valence-electron chi connectivity index (χ2n) is 13.2. The highest BCUT2D eigenvalue weighted by molar-refractivity contribution is 7.25. The molecule has 5 heteroatoms. The van der Waals surface area contributed by atoms with E-state index in [1.54, 1.807) is 0 Å². The largest absolute Gasteiger partial charge is 0.459 e. The fourth-order valence-electron chi connectivity index (χ4n) is 7.94. The van der Waals surface area contributed by atoms with Gasteiger partial charge in [-0.3, -0.25) is 0 Å². The molecule has 0 saturated heterocycles. The van der Waals surface area contributed by atoms with Gasteiger partial charge in [0.1, 0.15) is 24.6 Å². The molecule has 0 N–H and O–H groups in total. The standard InChI is InChI=1S/C47H29NO2SSi/c1-2-12-30(13-3-1)35-19-11-27-52-44-24-10-20-39(46(44)50-47(35)52)48(33-25-26-37-36-16-4-6-21-40(36)49-41(37)29-33)32-15-8-14-31(28-32)34-18-9-23-43-45(34)38-17-5-7-22-42(38)51-43/h1-29H. The average Bonchev–Trinajstić information content (AvgIpc) is 3.90. The van der Waals surface area contributed by atoms with Crippen LogP contribution in [0, 0.1) is 0 Å². The van der Waals surface area contributed by atoms with E-state index in [1.807, 2.05) is 23.5 Å². The molecule has 0 atom stereocenters. The highest BCUT2D eigenvalue weighted by Gasteiger charge is 2.22. The van der Waals surface area contributed by atoms with E-state index in [9.17, 15) is 0 Å². The van der Waals surface area contributed by atoms with Gasteiger partial charge in [0.25, 0.3) is 0 Å². The summed E-state index contributed by atoms with van der Waals surface area (Å²) in [5, 5.41) is 5.89. The first kappa shape index (κ1) is 29.5. The van der Waals surface area contributed by atoms with E-state index in [2.05, 4.69) is 168 Å². The van der Waals surface area contributed by atoms with Gasteiger partial charge in [-0.2, -0.15) is 0 Å². The lowest BCUT2D eigenvalue weighted by Crippen LogP contribution is -2.10. The summed E-state index contributed by atoms with van der Waals surface area (Å²) in [6.45, 7) is 0. The van der Waals surface area contributed by atoms with Crippen LogP contribution in [0.3, 0.4) is 0 Å². The highest BCUT2D eigenvalue weighted by Crippen LogP contribution is 2.45. The number of rotatable bonds is 5. The van der Waals surface area contributed by atoms with E-state index < -0.39 is 8.20 Å². The Morgan fingerprint density at radius 1 is 0.481 bits per heavy atom. The lowest BCUT2D eigenvalue weighted by Gasteiger charge is -2.26. The van der Waals surface area contributed by atoms with E-state index in [-0.39, 0.29) is 0 Å². The Labute approximate surface area is 304 Å². The number of benzene rings is 7. The SMILES string of the molecule is c1ccc(-c2ccc[si]3c2oc2c(N(c4cccc(-c5cccc6sc7ccccc7c56)c4)c4ccc5c(c4)oc4ccccc45)cccc23)cc1. The van der Waals surface area contributed by atoms with Crippen molar-refractivity contribution in [3.63, 3.8) is 0 Å². The Bertz CT molecular complexity index is 3160. The maximum absolute atomic E-state index is 7.06. The van der Waals surface area contributed by atoms with Crippen molar-refractivity contribution in [1.82, 2.24) is 0 Å². The van der Waals surface area contributed by atoms with Gasteiger partial charge in [-0.25, -0.2) is 0 Å². The maximum Gasteiger partial charge on any atom is 0.154 e. The van der Waals surface area contributed by atoms with E-state index in [0.717, 1.165) is 55.3 Å². The third-order valence-corrected chi connectivity index (χ3v) is 13.8. The molecule has 11 aromatic rings. The maximum atomic E-state index is 7.06. The van der Waals surface area contributed by atoms with Crippen molar-refractivity contribution in [3.05, 3.63) is 176 Å². The normalized spacial score (nSPS) is 11.8. The van der Waals surface area contributed by atoms with Crippen molar-refractivity contribution in [1.29, 1.82) is 0 Å². The van der Waals surface area contributed by atoms with Gasteiger partial charge in [-0.1, -0.05) is 121 Å². The number of anilines is 3. The van der Waals surface area contributed by atoms with Crippen LogP contribution >= 0.6 is 11.3 Å². The molecular weight excluding hydrogens is 671 g/mol. The molecule has 0 aliphatic heterocycles. The summed E-state index contributed by atoms with van der Waals surface area (Å²) < 4.78 is 16.1. The van der Waals surface area contributed by atoms with Gasteiger partial charge < -0.3 is 13.7 Å². The number of hydrogen-bond acceptors (Lipinski definition) is 4. The van der Waals surface area contributed by atoms with E-state index in [1.165, 1.54) is 41.9 Å². The Morgan fingerprint density at radius 3 is 2.15 bits per heavy atom. The van der Waals surface area contributed by atoms with Gasteiger partial charge in [0.05, 0.1) is 11.4 Å². The summed E-state index contributed by atoms with van der Waals surface area (Å²) in [6.07, 6.45) is 0. The van der Waals surface area contributed by atoms with Gasteiger partial charge in [0, 0.05) is 53.3 Å². The van der Waals surface area contributed by atoms with Crippen LogP contribution in [0.2, 0.25) is 0 Å². The van der Waals surface area contributed by atoms with Crippen molar-refractivity contribution in [3.8, 4) is 22.3 Å². The monoisotopic (exact) mass is 699 g/mol. The van der Waals surface area contributed by atoms with Crippen molar-refractivity contribution >= 4 is 94.5 Å². The Hall–Kier alpha value is -6.27. The minimum absolute atomic E-state index is 0.856. The van der Waals surface area contributed by atoms with Crippen LogP contribution in [0.15, 0.2) is 184 Å². The van der Waals surface area contributed by atoms with Crippen LogP contribution in [-0.2, 0) is 0 Å². The molecular formula is C47H29NO2SSi. The van der Waals surface area contributed by atoms with E-state index in [0.29, 0.717) is 0 Å². The molecule has 0 aliphatic rings. The molecule has 0 saturated carbocycles. The quantitative estimate of drug-likeness (QED) is 0.168.